The first kappa shape index (κ1) is 12.3. The first-order valence-corrected chi connectivity index (χ1v) is 6.43. The standard InChI is InChI=1S/C12H23ClO/c1-3-12(13)10(2)6-4-7-11-8-5-9-14-11/h10-12H,3-9H2,1-2H3. The number of halogens is 1. The van der Waals surface area contributed by atoms with E-state index in [0.717, 1.165) is 13.0 Å². The molecular formula is C12H23ClO. The number of alkyl halides is 1. The number of ether oxygens (including phenoxy) is 1. The Bertz CT molecular complexity index is 143. The molecule has 1 aliphatic rings. The molecule has 1 fully saturated rings. The maximum atomic E-state index is 6.18. The minimum Gasteiger partial charge on any atom is -0.378 e. The van der Waals surface area contributed by atoms with Crippen molar-refractivity contribution >= 4 is 11.6 Å². The van der Waals surface area contributed by atoms with E-state index >= 15 is 0 Å². The molecule has 0 saturated carbocycles. The second kappa shape index (κ2) is 6.68. The molecule has 1 rings (SSSR count). The van der Waals surface area contributed by atoms with Gasteiger partial charge in [0.1, 0.15) is 0 Å². The summed E-state index contributed by atoms with van der Waals surface area (Å²) in [5, 5.41) is 0.361. The lowest BCUT2D eigenvalue weighted by Gasteiger charge is -2.17. The lowest BCUT2D eigenvalue weighted by atomic mass is 9.97. The van der Waals surface area contributed by atoms with Gasteiger partial charge in [0.2, 0.25) is 0 Å². The molecule has 14 heavy (non-hydrogen) atoms. The molecule has 3 unspecified atom stereocenters. The van der Waals surface area contributed by atoms with Crippen LogP contribution in [0.15, 0.2) is 0 Å². The van der Waals surface area contributed by atoms with Gasteiger partial charge in [0, 0.05) is 12.0 Å². The fourth-order valence-corrected chi connectivity index (χ4v) is 2.25. The summed E-state index contributed by atoms with van der Waals surface area (Å²) in [5.41, 5.74) is 0. The van der Waals surface area contributed by atoms with Crippen molar-refractivity contribution in [3.8, 4) is 0 Å². The predicted octanol–water partition coefficient (Wildman–Crippen LogP) is 3.99. The maximum absolute atomic E-state index is 6.18. The molecule has 1 heterocycles. The molecule has 3 atom stereocenters. The monoisotopic (exact) mass is 218 g/mol. The molecule has 0 radical (unpaired) electrons. The van der Waals surface area contributed by atoms with Crippen molar-refractivity contribution in [2.75, 3.05) is 6.61 Å². The van der Waals surface area contributed by atoms with Gasteiger partial charge in [0.05, 0.1) is 6.10 Å². The van der Waals surface area contributed by atoms with Crippen LogP contribution in [0.25, 0.3) is 0 Å². The largest absolute Gasteiger partial charge is 0.378 e. The van der Waals surface area contributed by atoms with Crippen molar-refractivity contribution in [3.63, 3.8) is 0 Å². The molecule has 0 bridgehead atoms. The Morgan fingerprint density at radius 2 is 2.29 bits per heavy atom. The second-order valence-corrected chi connectivity index (χ2v) is 5.03. The summed E-state index contributed by atoms with van der Waals surface area (Å²) in [6, 6.07) is 0. The highest BCUT2D eigenvalue weighted by Gasteiger charge is 2.17. The summed E-state index contributed by atoms with van der Waals surface area (Å²) in [5.74, 6) is 0.656. The summed E-state index contributed by atoms with van der Waals surface area (Å²) in [6.07, 6.45) is 7.93. The molecular weight excluding hydrogens is 196 g/mol. The molecule has 0 amide bonds. The number of rotatable bonds is 6. The first-order valence-electron chi connectivity index (χ1n) is 5.99. The summed E-state index contributed by atoms with van der Waals surface area (Å²) >= 11 is 6.18. The molecule has 2 heteroatoms. The van der Waals surface area contributed by atoms with Gasteiger partial charge in [-0.3, -0.25) is 0 Å². The predicted molar refractivity (Wildman–Crippen MR) is 61.9 cm³/mol. The molecule has 0 aromatic heterocycles. The first-order chi connectivity index (χ1) is 6.74. The van der Waals surface area contributed by atoms with Crippen LogP contribution >= 0.6 is 11.6 Å². The Morgan fingerprint density at radius 3 is 2.86 bits per heavy atom. The lowest BCUT2D eigenvalue weighted by Crippen LogP contribution is -2.11. The van der Waals surface area contributed by atoms with Gasteiger partial charge in [-0.05, 0) is 38.0 Å². The zero-order chi connectivity index (χ0) is 10.4. The maximum Gasteiger partial charge on any atom is 0.0576 e. The van der Waals surface area contributed by atoms with Crippen molar-refractivity contribution in [2.24, 2.45) is 5.92 Å². The zero-order valence-corrected chi connectivity index (χ0v) is 10.2. The van der Waals surface area contributed by atoms with Gasteiger partial charge in [-0.2, -0.15) is 0 Å². The molecule has 0 spiro atoms. The SMILES string of the molecule is CCC(Cl)C(C)CCCC1CCCO1. The van der Waals surface area contributed by atoms with Crippen LogP contribution in [0.1, 0.15) is 52.4 Å². The van der Waals surface area contributed by atoms with Crippen LogP contribution in [0, 0.1) is 5.92 Å². The summed E-state index contributed by atoms with van der Waals surface area (Å²) < 4.78 is 5.59. The molecule has 0 N–H and O–H groups in total. The summed E-state index contributed by atoms with van der Waals surface area (Å²) in [6.45, 7) is 5.40. The molecule has 1 aliphatic heterocycles. The van der Waals surface area contributed by atoms with E-state index in [2.05, 4.69) is 13.8 Å². The van der Waals surface area contributed by atoms with E-state index in [1.54, 1.807) is 0 Å². The van der Waals surface area contributed by atoms with Crippen LogP contribution in [0.3, 0.4) is 0 Å². The van der Waals surface area contributed by atoms with Gasteiger partial charge >= 0.3 is 0 Å². The molecule has 1 nitrogen and oxygen atoms in total. The van der Waals surface area contributed by atoms with Crippen LogP contribution in [0.5, 0.6) is 0 Å². The zero-order valence-electron chi connectivity index (χ0n) is 9.47. The average molecular weight is 219 g/mol. The van der Waals surface area contributed by atoms with Gasteiger partial charge in [0.25, 0.3) is 0 Å². The molecule has 1 saturated heterocycles. The molecule has 0 aliphatic carbocycles. The minimum absolute atomic E-state index is 0.361. The van der Waals surface area contributed by atoms with Crippen LogP contribution in [-0.2, 0) is 4.74 Å². The third kappa shape index (κ3) is 4.18. The van der Waals surface area contributed by atoms with Crippen molar-refractivity contribution < 1.29 is 4.74 Å². The van der Waals surface area contributed by atoms with E-state index in [9.17, 15) is 0 Å². The minimum atomic E-state index is 0.361. The Hall–Kier alpha value is 0.250. The molecule has 84 valence electrons. The van der Waals surface area contributed by atoms with Crippen molar-refractivity contribution in [3.05, 3.63) is 0 Å². The highest BCUT2D eigenvalue weighted by atomic mass is 35.5. The second-order valence-electron chi connectivity index (χ2n) is 4.47. The van der Waals surface area contributed by atoms with Gasteiger partial charge < -0.3 is 4.74 Å². The van der Waals surface area contributed by atoms with E-state index < -0.39 is 0 Å². The van der Waals surface area contributed by atoms with Crippen molar-refractivity contribution in [1.82, 2.24) is 0 Å². The Morgan fingerprint density at radius 1 is 1.50 bits per heavy atom. The quantitative estimate of drug-likeness (QED) is 0.613. The third-order valence-electron chi connectivity index (χ3n) is 3.22. The van der Waals surface area contributed by atoms with Crippen LogP contribution < -0.4 is 0 Å². The van der Waals surface area contributed by atoms with Crippen molar-refractivity contribution in [1.29, 1.82) is 0 Å². The summed E-state index contributed by atoms with van der Waals surface area (Å²) in [7, 11) is 0. The van der Waals surface area contributed by atoms with E-state index in [4.69, 9.17) is 16.3 Å². The van der Waals surface area contributed by atoms with Crippen LogP contribution in [-0.4, -0.2) is 18.1 Å². The van der Waals surface area contributed by atoms with E-state index in [-0.39, 0.29) is 0 Å². The van der Waals surface area contributed by atoms with Gasteiger partial charge in [-0.15, -0.1) is 11.6 Å². The van der Waals surface area contributed by atoms with E-state index in [1.807, 2.05) is 0 Å². The normalized spacial score (nSPS) is 26.4. The number of hydrogen-bond acceptors (Lipinski definition) is 1. The Labute approximate surface area is 93.2 Å². The topological polar surface area (TPSA) is 9.23 Å². The van der Waals surface area contributed by atoms with Gasteiger partial charge in [-0.25, -0.2) is 0 Å². The summed E-state index contributed by atoms with van der Waals surface area (Å²) in [4.78, 5) is 0. The van der Waals surface area contributed by atoms with Gasteiger partial charge in [0.15, 0.2) is 0 Å². The van der Waals surface area contributed by atoms with E-state index in [1.165, 1.54) is 32.1 Å². The van der Waals surface area contributed by atoms with Gasteiger partial charge in [-0.1, -0.05) is 20.3 Å². The smallest absolute Gasteiger partial charge is 0.0576 e. The fraction of sp³-hybridized carbons (Fsp3) is 1.00. The highest BCUT2D eigenvalue weighted by Crippen LogP contribution is 2.23. The number of hydrogen-bond donors (Lipinski definition) is 0. The average Bonchev–Trinajstić information content (AvgIpc) is 2.69. The Balaban J connectivity index is 2.02. The van der Waals surface area contributed by atoms with Crippen LogP contribution in [0.4, 0.5) is 0 Å². The van der Waals surface area contributed by atoms with Crippen LogP contribution in [0.2, 0.25) is 0 Å². The van der Waals surface area contributed by atoms with E-state index in [0.29, 0.717) is 17.4 Å². The fourth-order valence-electron chi connectivity index (χ4n) is 2.12. The highest BCUT2D eigenvalue weighted by molar-refractivity contribution is 6.20. The third-order valence-corrected chi connectivity index (χ3v) is 3.96. The lowest BCUT2D eigenvalue weighted by molar-refractivity contribution is 0.101. The molecule has 0 aromatic rings. The Kier molecular flexibility index (Phi) is 5.88. The molecule has 0 aromatic carbocycles. The van der Waals surface area contributed by atoms with Crippen molar-refractivity contribution in [2.45, 2.75) is 63.9 Å².